The predicted octanol–water partition coefficient (Wildman–Crippen LogP) is 3.38. The number of rotatable bonds is 8. The highest BCUT2D eigenvalue weighted by molar-refractivity contribution is 4.91. The van der Waals surface area contributed by atoms with Crippen molar-refractivity contribution in [3.63, 3.8) is 0 Å². The molecule has 2 nitrogen and oxygen atoms in total. The van der Waals surface area contributed by atoms with Crippen molar-refractivity contribution in [1.82, 2.24) is 10.2 Å². The van der Waals surface area contributed by atoms with E-state index in [0.717, 1.165) is 30.2 Å². The molecule has 0 aliphatic heterocycles. The summed E-state index contributed by atoms with van der Waals surface area (Å²) in [6.45, 7) is 10.6. The van der Waals surface area contributed by atoms with Crippen LogP contribution < -0.4 is 5.32 Å². The van der Waals surface area contributed by atoms with Gasteiger partial charge in [0.2, 0.25) is 0 Å². The Hall–Kier alpha value is -0.0800. The number of fused-ring (bicyclic) bond motifs is 2. The van der Waals surface area contributed by atoms with Crippen LogP contribution in [0.4, 0.5) is 0 Å². The lowest BCUT2D eigenvalue weighted by Gasteiger charge is -2.31. The van der Waals surface area contributed by atoms with E-state index in [1.54, 1.807) is 6.42 Å². The van der Waals surface area contributed by atoms with Crippen molar-refractivity contribution >= 4 is 0 Å². The molecule has 2 bridgehead atoms. The highest BCUT2D eigenvalue weighted by atomic mass is 15.1. The second kappa shape index (κ2) is 7.08. The summed E-state index contributed by atoms with van der Waals surface area (Å²) in [7, 11) is 2.33. The van der Waals surface area contributed by atoms with E-state index < -0.39 is 0 Å². The summed E-state index contributed by atoms with van der Waals surface area (Å²) in [5.74, 6) is 3.88. The Kier molecular flexibility index (Phi) is 5.70. The van der Waals surface area contributed by atoms with Crippen LogP contribution in [0.25, 0.3) is 0 Å². The number of hydrogen-bond acceptors (Lipinski definition) is 2. The Morgan fingerprint density at radius 3 is 2.53 bits per heavy atom. The second-order valence-electron chi connectivity index (χ2n) is 7.46. The van der Waals surface area contributed by atoms with Crippen LogP contribution in [0.2, 0.25) is 0 Å². The van der Waals surface area contributed by atoms with E-state index in [1.807, 2.05) is 0 Å². The van der Waals surface area contributed by atoms with E-state index >= 15 is 0 Å². The van der Waals surface area contributed by atoms with Crippen molar-refractivity contribution in [2.24, 2.45) is 23.7 Å². The van der Waals surface area contributed by atoms with Gasteiger partial charge in [0, 0.05) is 19.1 Å². The lowest BCUT2D eigenvalue weighted by atomic mass is 9.88. The molecule has 0 aromatic heterocycles. The normalized spacial score (nSPS) is 31.6. The average Bonchev–Trinajstić information content (AvgIpc) is 2.96. The summed E-state index contributed by atoms with van der Waals surface area (Å²) < 4.78 is 0. The zero-order valence-electron chi connectivity index (χ0n) is 13.5. The van der Waals surface area contributed by atoms with Gasteiger partial charge < -0.3 is 10.2 Å². The molecule has 0 radical (unpaired) electrons. The molecule has 1 N–H and O–H groups in total. The van der Waals surface area contributed by atoms with Gasteiger partial charge in [0.05, 0.1) is 0 Å². The maximum atomic E-state index is 3.72. The topological polar surface area (TPSA) is 15.3 Å². The Balaban J connectivity index is 1.74. The van der Waals surface area contributed by atoms with Crippen LogP contribution in [0.3, 0.4) is 0 Å². The molecule has 0 aromatic carbocycles. The first-order valence-corrected chi connectivity index (χ1v) is 8.52. The number of nitrogens with one attached hydrogen (secondary N) is 1. The van der Waals surface area contributed by atoms with Crippen LogP contribution >= 0.6 is 0 Å². The molecule has 19 heavy (non-hydrogen) atoms. The van der Waals surface area contributed by atoms with E-state index in [2.05, 4.69) is 38.0 Å². The Labute approximate surface area is 120 Å². The molecule has 112 valence electrons. The Morgan fingerprint density at radius 1 is 1.21 bits per heavy atom. The van der Waals surface area contributed by atoms with Gasteiger partial charge in [0.15, 0.2) is 0 Å². The third-order valence-corrected chi connectivity index (χ3v) is 5.40. The minimum absolute atomic E-state index is 0.656. The van der Waals surface area contributed by atoms with Gasteiger partial charge in [0.1, 0.15) is 0 Å². The van der Waals surface area contributed by atoms with Crippen molar-refractivity contribution in [1.29, 1.82) is 0 Å². The van der Waals surface area contributed by atoms with Crippen LogP contribution in [0, 0.1) is 23.7 Å². The summed E-state index contributed by atoms with van der Waals surface area (Å²) in [6.07, 6.45) is 7.34. The molecule has 2 aliphatic carbocycles. The fourth-order valence-electron chi connectivity index (χ4n) is 4.25. The van der Waals surface area contributed by atoms with Crippen LogP contribution in [0.5, 0.6) is 0 Å². The lowest BCUT2D eigenvalue weighted by Crippen LogP contribution is -2.44. The average molecular weight is 266 g/mol. The summed E-state index contributed by atoms with van der Waals surface area (Å²) in [5, 5.41) is 3.72. The maximum Gasteiger partial charge on any atom is 0.0217 e. The first kappa shape index (κ1) is 15.3. The molecule has 0 saturated heterocycles. The molecule has 4 atom stereocenters. The number of nitrogens with zero attached hydrogens (tertiary/aromatic N) is 1. The van der Waals surface area contributed by atoms with Crippen molar-refractivity contribution in [3.8, 4) is 0 Å². The monoisotopic (exact) mass is 266 g/mol. The van der Waals surface area contributed by atoms with E-state index in [0.29, 0.717) is 6.04 Å². The third kappa shape index (κ3) is 4.19. The van der Waals surface area contributed by atoms with Crippen LogP contribution in [0.15, 0.2) is 0 Å². The third-order valence-electron chi connectivity index (χ3n) is 5.40. The molecule has 0 amide bonds. The summed E-state index contributed by atoms with van der Waals surface area (Å²) in [6, 6.07) is 0.656. The van der Waals surface area contributed by atoms with E-state index in [1.165, 1.54) is 38.8 Å². The van der Waals surface area contributed by atoms with Gasteiger partial charge in [-0.15, -0.1) is 0 Å². The van der Waals surface area contributed by atoms with Crippen molar-refractivity contribution in [2.75, 3.05) is 26.7 Å². The van der Waals surface area contributed by atoms with Crippen molar-refractivity contribution in [3.05, 3.63) is 0 Å². The summed E-state index contributed by atoms with van der Waals surface area (Å²) in [4.78, 5) is 2.60. The van der Waals surface area contributed by atoms with E-state index in [4.69, 9.17) is 0 Å². The molecule has 0 spiro atoms. The highest BCUT2D eigenvalue weighted by Crippen LogP contribution is 2.48. The van der Waals surface area contributed by atoms with E-state index in [-0.39, 0.29) is 0 Å². The molecule has 2 fully saturated rings. The maximum absolute atomic E-state index is 3.72. The molecule has 0 heterocycles. The number of hydrogen-bond donors (Lipinski definition) is 1. The van der Waals surface area contributed by atoms with Crippen LogP contribution in [-0.4, -0.2) is 37.6 Å². The quantitative estimate of drug-likeness (QED) is 0.724. The zero-order chi connectivity index (χ0) is 13.8. The Morgan fingerprint density at radius 2 is 2.00 bits per heavy atom. The van der Waals surface area contributed by atoms with Gasteiger partial charge in [-0.25, -0.2) is 0 Å². The molecule has 0 aromatic rings. The predicted molar refractivity (Wildman–Crippen MR) is 83.4 cm³/mol. The summed E-state index contributed by atoms with van der Waals surface area (Å²) >= 11 is 0. The van der Waals surface area contributed by atoms with Crippen molar-refractivity contribution < 1.29 is 0 Å². The molecular formula is C17H34N2. The van der Waals surface area contributed by atoms with Gasteiger partial charge in [-0.2, -0.15) is 0 Å². The fourth-order valence-corrected chi connectivity index (χ4v) is 4.25. The van der Waals surface area contributed by atoms with Crippen molar-refractivity contribution in [2.45, 2.75) is 58.9 Å². The number of likely N-dealkylation sites (N-methyl/N-ethyl adjacent to an activating group) is 1. The molecule has 2 aliphatic rings. The first-order valence-electron chi connectivity index (χ1n) is 8.52. The minimum Gasteiger partial charge on any atom is -0.312 e. The lowest BCUT2D eigenvalue weighted by molar-refractivity contribution is 0.191. The Bertz CT molecular complexity index is 264. The largest absolute Gasteiger partial charge is 0.312 e. The van der Waals surface area contributed by atoms with Gasteiger partial charge in [-0.05, 0) is 62.9 Å². The van der Waals surface area contributed by atoms with Gasteiger partial charge >= 0.3 is 0 Å². The molecule has 2 saturated carbocycles. The highest BCUT2D eigenvalue weighted by Gasteiger charge is 2.39. The standard InChI is InChI=1S/C17H34N2/c1-5-8-18-17(13(2)3)12-19(4)11-16-10-14-6-7-15(16)9-14/h13-18H,5-12H2,1-4H3. The summed E-state index contributed by atoms with van der Waals surface area (Å²) in [5.41, 5.74) is 0. The van der Waals surface area contributed by atoms with Gasteiger partial charge in [-0.3, -0.25) is 0 Å². The van der Waals surface area contributed by atoms with Gasteiger partial charge in [0.25, 0.3) is 0 Å². The van der Waals surface area contributed by atoms with Crippen LogP contribution in [-0.2, 0) is 0 Å². The smallest absolute Gasteiger partial charge is 0.0217 e. The SMILES string of the molecule is CCCNC(CN(C)CC1CC2CCC1C2)C(C)C. The van der Waals surface area contributed by atoms with E-state index in [9.17, 15) is 0 Å². The fraction of sp³-hybridized carbons (Fsp3) is 1.00. The minimum atomic E-state index is 0.656. The first-order chi connectivity index (χ1) is 9.10. The molecular weight excluding hydrogens is 232 g/mol. The molecule has 4 unspecified atom stereocenters. The molecule has 2 heteroatoms. The van der Waals surface area contributed by atoms with Crippen LogP contribution in [0.1, 0.15) is 52.9 Å². The zero-order valence-corrected chi connectivity index (χ0v) is 13.5. The molecule has 2 rings (SSSR count). The van der Waals surface area contributed by atoms with Gasteiger partial charge in [-0.1, -0.05) is 27.2 Å². The second-order valence-corrected chi connectivity index (χ2v) is 7.46.